The van der Waals surface area contributed by atoms with Crippen molar-refractivity contribution in [3.8, 4) is 0 Å². The van der Waals surface area contributed by atoms with Crippen molar-refractivity contribution in [1.82, 2.24) is 20.8 Å². The number of benzene rings is 1. The van der Waals surface area contributed by atoms with Gasteiger partial charge in [0, 0.05) is 26.6 Å². The molecule has 2 amide bonds. The number of ether oxygens (including phenoxy) is 1. The predicted octanol–water partition coefficient (Wildman–Crippen LogP) is 1.30. The number of carbonyl (C=O) groups is 1. The molecule has 7 heteroatoms. The molecule has 0 radical (unpaired) electrons. The molecule has 1 aromatic heterocycles. The quantitative estimate of drug-likeness (QED) is 0.767. The third-order valence-corrected chi connectivity index (χ3v) is 2.95. The van der Waals surface area contributed by atoms with Crippen LogP contribution in [0.25, 0.3) is 0 Å². The van der Waals surface area contributed by atoms with Gasteiger partial charge in [-0.25, -0.2) is 4.79 Å². The van der Waals surface area contributed by atoms with Gasteiger partial charge in [0.2, 0.25) is 0 Å². The van der Waals surface area contributed by atoms with Gasteiger partial charge in [0.25, 0.3) is 5.89 Å². The predicted molar refractivity (Wildman–Crippen MR) is 80.3 cm³/mol. The van der Waals surface area contributed by atoms with Crippen LogP contribution in [0, 0.1) is 0 Å². The van der Waals surface area contributed by atoms with Gasteiger partial charge in [0.1, 0.15) is 6.61 Å². The van der Waals surface area contributed by atoms with E-state index in [2.05, 4.69) is 20.8 Å². The Hall–Kier alpha value is -2.41. The molecule has 1 aromatic carbocycles. The fourth-order valence-electron chi connectivity index (χ4n) is 1.89. The van der Waals surface area contributed by atoms with Gasteiger partial charge in [-0.05, 0) is 12.0 Å². The van der Waals surface area contributed by atoms with Crippen molar-refractivity contribution < 1.29 is 14.1 Å². The molecule has 7 nitrogen and oxygen atoms in total. The number of methoxy groups -OCH3 is 1. The summed E-state index contributed by atoms with van der Waals surface area (Å²) in [6.07, 6.45) is 1.32. The molecule has 0 saturated heterocycles. The Morgan fingerprint density at radius 3 is 2.64 bits per heavy atom. The van der Waals surface area contributed by atoms with E-state index in [-0.39, 0.29) is 6.03 Å². The molecule has 0 spiro atoms. The highest BCUT2D eigenvalue weighted by molar-refractivity contribution is 5.73. The highest BCUT2D eigenvalue weighted by Gasteiger charge is 2.06. The minimum Gasteiger partial charge on any atom is -0.375 e. The Labute approximate surface area is 129 Å². The second kappa shape index (κ2) is 8.78. The van der Waals surface area contributed by atoms with Crippen LogP contribution in [0.4, 0.5) is 4.79 Å². The standard InChI is InChI=1S/C15H20N4O3/c1-21-11-14-18-13(19-22-14)8-10-17-15(20)16-9-7-12-5-3-2-4-6-12/h2-6H,7-11H2,1H3,(H2,16,17,20). The minimum absolute atomic E-state index is 0.198. The van der Waals surface area contributed by atoms with Crippen LogP contribution in [0.2, 0.25) is 0 Å². The summed E-state index contributed by atoms with van der Waals surface area (Å²) in [6.45, 7) is 1.33. The highest BCUT2D eigenvalue weighted by Crippen LogP contribution is 1.99. The van der Waals surface area contributed by atoms with Crippen molar-refractivity contribution in [2.75, 3.05) is 20.2 Å². The molecule has 0 aliphatic carbocycles. The molecule has 0 aliphatic rings. The van der Waals surface area contributed by atoms with E-state index >= 15 is 0 Å². The Kier molecular flexibility index (Phi) is 6.38. The molecular formula is C15H20N4O3. The Morgan fingerprint density at radius 1 is 1.18 bits per heavy atom. The van der Waals surface area contributed by atoms with E-state index in [0.717, 1.165) is 6.42 Å². The van der Waals surface area contributed by atoms with E-state index in [4.69, 9.17) is 9.26 Å². The SMILES string of the molecule is COCc1nc(CCNC(=O)NCCc2ccccc2)no1. The first kappa shape index (κ1) is 16.0. The zero-order valence-corrected chi connectivity index (χ0v) is 12.5. The second-order valence-electron chi connectivity index (χ2n) is 4.71. The van der Waals surface area contributed by atoms with Crippen molar-refractivity contribution in [1.29, 1.82) is 0 Å². The zero-order chi connectivity index (χ0) is 15.6. The van der Waals surface area contributed by atoms with E-state index in [1.807, 2.05) is 30.3 Å². The lowest BCUT2D eigenvalue weighted by Gasteiger charge is -2.06. The summed E-state index contributed by atoms with van der Waals surface area (Å²) in [7, 11) is 1.56. The normalized spacial score (nSPS) is 10.4. The molecule has 118 valence electrons. The van der Waals surface area contributed by atoms with Gasteiger partial charge in [-0.2, -0.15) is 4.98 Å². The van der Waals surface area contributed by atoms with E-state index in [1.165, 1.54) is 5.56 Å². The largest absolute Gasteiger partial charge is 0.375 e. The molecular weight excluding hydrogens is 284 g/mol. The van der Waals surface area contributed by atoms with E-state index in [0.29, 0.717) is 37.8 Å². The maximum Gasteiger partial charge on any atom is 0.314 e. The molecule has 2 rings (SSSR count). The van der Waals surface area contributed by atoms with Gasteiger partial charge in [0.15, 0.2) is 5.82 Å². The van der Waals surface area contributed by atoms with Crippen molar-refractivity contribution in [2.45, 2.75) is 19.4 Å². The van der Waals surface area contributed by atoms with Gasteiger partial charge >= 0.3 is 6.03 Å². The maximum atomic E-state index is 11.6. The van der Waals surface area contributed by atoms with E-state index in [9.17, 15) is 4.79 Å². The van der Waals surface area contributed by atoms with Crippen molar-refractivity contribution in [3.63, 3.8) is 0 Å². The molecule has 0 saturated carbocycles. The number of nitrogens with one attached hydrogen (secondary N) is 2. The summed E-state index contributed by atoms with van der Waals surface area (Å²) in [5, 5.41) is 9.36. The van der Waals surface area contributed by atoms with Crippen LogP contribution < -0.4 is 10.6 Å². The number of rotatable bonds is 8. The van der Waals surface area contributed by atoms with Crippen LogP contribution in [-0.2, 0) is 24.2 Å². The monoisotopic (exact) mass is 304 g/mol. The smallest absolute Gasteiger partial charge is 0.314 e. The van der Waals surface area contributed by atoms with Crippen molar-refractivity contribution in [2.24, 2.45) is 0 Å². The van der Waals surface area contributed by atoms with Crippen LogP contribution in [0.15, 0.2) is 34.9 Å². The second-order valence-corrected chi connectivity index (χ2v) is 4.71. The molecule has 0 atom stereocenters. The molecule has 0 aliphatic heterocycles. The molecule has 1 heterocycles. The molecule has 0 bridgehead atoms. The number of hydrogen-bond donors (Lipinski definition) is 2. The fraction of sp³-hybridized carbons (Fsp3) is 0.400. The number of amides is 2. The van der Waals surface area contributed by atoms with Crippen LogP contribution >= 0.6 is 0 Å². The fourth-order valence-corrected chi connectivity index (χ4v) is 1.89. The minimum atomic E-state index is -0.198. The summed E-state index contributed by atoms with van der Waals surface area (Å²) < 4.78 is 9.85. The zero-order valence-electron chi connectivity index (χ0n) is 12.5. The van der Waals surface area contributed by atoms with Gasteiger partial charge in [-0.3, -0.25) is 0 Å². The molecule has 22 heavy (non-hydrogen) atoms. The summed E-state index contributed by atoms with van der Waals surface area (Å²) in [4.78, 5) is 15.7. The highest BCUT2D eigenvalue weighted by atomic mass is 16.5. The van der Waals surface area contributed by atoms with Crippen molar-refractivity contribution in [3.05, 3.63) is 47.6 Å². The first-order valence-electron chi connectivity index (χ1n) is 7.14. The van der Waals surface area contributed by atoms with Crippen LogP contribution in [-0.4, -0.2) is 36.4 Å². The van der Waals surface area contributed by atoms with Gasteiger partial charge < -0.3 is 19.9 Å². The van der Waals surface area contributed by atoms with Crippen LogP contribution in [0.1, 0.15) is 17.3 Å². The Morgan fingerprint density at radius 2 is 1.91 bits per heavy atom. The van der Waals surface area contributed by atoms with Crippen LogP contribution in [0.3, 0.4) is 0 Å². The maximum absolute atomic E-state index is 11.6. The summed E-state index contributed by atoms with van der Waals surface area (Å²) >= 11 is 0. The first-order chi connectivity index (χ1) is 10.8. The topological polar surface area (TPSA) is 89.3 Å². The average Bonchev–Trinajstić information content (AvgIpc) is 2.96. The number of aromatic nitrogens is 2. The van der Waals surface area contributed by atoms with E-state index in [1.54, 1.807) is 7.11 Å². The Balaban J connectivity index is 1.59. The molecule has 2 aromatic rings. The molecule has 0 fully saturated rings. The van der Waals surface area contributed by atoms with Crippen LogP contribution in [0.5, 0.6) is 0 Å². The lowest BCUT2D eigenvalue weighted by atomic mass is 10.1. The Bertz CT molecular complexity index is 571. The summed E-state index contributed by atoms with van der Waals surface area (Å²) in [5.74, 6) is 0.987. The molecule has 0 unspecified atom stereocenters. The van der Waals surface area contributed by atoms with Gasteiger partial charge in [-0.1, -0.05) is 35.5 Å². The molecule has 2 N–H and O–H groups in total. The summed E-state index contributed by atoms with van der Waals surface area (Å²) in [6, 6.07) is 9.81. The van der Waals surface area contributed by atoms with Gasteiger partial charge in [-0.15, -0.1) is 0 Å². The third kappa shape index (κ3) is 5.53. The number of carbonyl (C=O) groups excluding carboxylic acids is 1. The number of hydrogen-bond acceptors (Lipinski definition) is 5. The third-order valence-electron chi connectivity index (χ3n) is 2.95. The number of urea groups is 1. The number of nitrogens with zero attached hydrogens (tertiary/aromatic N) is 2. The first-order valence-corrected chi connectivity index (χ1v) is 7.14. The lowest BCUT2D eigenvalue weighted by Crippen LogP contribution is -2.37. The van der Waals surface area contributed by atoms with Crippen molar-refractivity contribution >= 4 is 6.03 Å². The average molecular weight is 304 g/mol. The van der Waals surface area contributed by atoms with Gasteiger partial charge in [0.05, 0.1) is 0 Å². The summed E-state index contributed by atoms with van der Waals surface area (Å²) in [5.41, 5.74) is 1.19. The van der Waals surface area contributed by atoms with E-state index < -0.39 is 0 Å². The lowest BCUT2D eigenvalue weighted by molar-refractivity contribution is 0.151.